The van der Waals surface area contributed by atoms with E-state index >= 15 is 0 Å². The third kappa shape index (κ3) is 7.41. The molecule has 0 radical (unpaired) electrons. The Bertz CT molecular complexity index is 1260. The molecule has 0 aliphatic carbocycles. The Balaban J connectivity index is 1.44. The average molecular weight is 522 g/mol. The lowest BCUT2D eigenvalue weighted by Crippen LogP contribution is -2.16. The first-order chi connectivity index (χ1) is 18.2. The zero-order chi connectivity index (χ0) is 25.9. The van der Waals surface area contributed by atoms with Gasteiger partial charge in [0, 0.05) is 37.2 Å². The van der Waals surface area contributed by atoms with Gasteiger partial charge in [-0.25, -0.2) is 15.0 Å². The maximum atomic E-state index is 6.22. The number of ether oxygens (including phenoxy) is 1. The molecule has 0 spiro atoms. The molecule has 1 unspecified atom stereocenters. The van der Waals surface area contributed by atoms with E-state index in [2.05, 4.69) is 33.6 Å². The molecule has 0 saturated carbocycles. The van der Waals surface area contributed by atoms with Crippen molar-refractivity contribution in [2.75, 3.05) is 36.9 Å². The summed E-state index contributed by atoms with van der Waals surface area (Å²) in [4.78, 5) is 14.0. The molecule has 3 heterocycles. The Morgan fingerprint density at radius 3 is 2.81 bits per heavy atom. The molecule has 196 valence electrons. The largest absolute Gasteiger partial charge is 0.381 e. The normalized spacial score (nSPS) is 12.1. The van der Waals surface area contributed by atoms with Crippen LogP contribution in [0.25, 0.3) is 17.0 Å². The van der Waals surface area contributed by atoms with Crippen LogP contribution >= 0.6 is 11.6 Å². The van der Waals surface area contributed by atoms with Crippen molar-refractivity contribution in [3.8, 4) is 11.4 Å². The van der Waals surface area contributed by atoms with Crippen LogP contribution in [-0.2, 0) is 4.74 Å². The first-order valence-corrected chi connectivity index (χ1v) is 13.4. The number of aromatic nitrogens is 4. The molecule has 4 aromatic rings. The van der Waals surface area contributed by atoms with Gasteiger partial charge in [0.2, 0.25) is 0 Å². The van der Waals surface area contributed by atoms with Gasteiger partial charge in [-0.2, -0.15) is 0 Å². The van der Waals surface area contributed by atoms with Crippen molar-refractivity contribution in [3.05, 3.63) is 71.6 Å². The van der Waals surface area contributed by atoms with E-state index in [0.717, 1.165) is 86.1 Å². The number of hydrogen-bond donors (Lipinski definition) is 3. The molecular formula is C28H36ClN7O. The summed E-state index contributed by atoms with van der Waals surface area (Å²) in [5.41, 5.74) is 9.47. The second kappa shape index (κ2) is 13.9. The SMILES string of the molecule is CCCOCCCCCNc1nccn2c(-c3cccc(NC(CCN)c4cccc(Cl)c4)n3)cnc12. The Morgan fingerprint density at radius 2 is 1.97 bits per heavy atom. The van der Waals surface area contributed by atoms with E-state index in [1.807, 2.05) is 53.2 Å². The molecule has 0 fully saturated rings. The van der Waals surface area contributed by atoms with Crippen LogP contribution < -0.4 is 16.4 Å². The number of rotatable bonds is 15. The van der Waals surface area contributed by atoms with Crippen LogP contribution in [-0.4, -0.2) is 45.7 Å². The van der Waals surface area contributed by atoms with Crippen molar-refractivity contribution < 1.29 is 4.74 Å². The van der Waals surface area contributed by atoms with E-state index in [-0.39, 0.29) is 6.04 Å². The second-order valence-electron chi connectivity index (χ2n) is 8.95. The fourth-order valence-electron chi connectivity index (χ4n) is 4.24. The van der Waals surface area contributed by atoms with Gasteiger partial charge in [-0.3, -0.25) is 4.40 Å². The zero-order valence-electron chi connectivity index (χ0n) is 21.4. The molecule has 0 bridgehead atoms. The highest BCUT2D eigenvalue weighted by Gasteiger charge is 2.15. The van der Waals surface area contributed by atoms with Crippen molar-refractivity contribution in [2.45, 2.75) is 45.1 Å². The summed E-state index contributed by atoms with van der Waals surface area (Å²) in [6, 6.07) is 13.8. The van der Waals surface area contributed by atoms with Crippen molar-refractivity contribution in [1.29, 1.82) is 0 Å². The van der Waals surface area contributed by atoms with Gasteiger partial charge in [-0.05, 0) is 68.5 Å². The predicted molar refractivity (Wildman–Crippen MR) is 151 cm³/mol. The third-order valence-corrected chi connectivity index (χ3v) is 6.31. The Morgan fingerprint density at radius 1 is 1.08 bits per heavy atom. The van der Waals surface area contributed by atoms with Crippen LogP contribution in [0.2, 0.25) is 5.02 Å². The minimum absolute atomic E-state index is 0.00634. The van der Waals surface area contributed by atoms with E-state index < -0.39 is 0 Å². The van der Waals surface area contributed by atoms with Gasteiger partial charge in [0.25, 0.3) is 0 Å². The highest BCUT2D eigenvalue weighted by Crippen LogP contribution is 2.27. The van der Waals surface area contributed by atoms with Crippen LogP contribution in [0.4, 0.5) is 11.6 Å². The summed E-state index contributed by atoms with van der Waals surface area (Å²) in [7, 11) is 0. The van der Waals surface area contributed by atoms with Gasteiger partial charge in [-0.15, -0.1) is 0 Å². The minimum Gasteiger partial charge on any atom is -0.381 e. The molecular weight excluding hydrogens is 486 g/mol. The molecule has 9 heteroatoms. The van der Waals surface area contributed by atoms with Gasteiger partial charge in [0.05, 0.1) is 23.6 Å². The Labute approximate surface area is 223 Å². The summed E-state index contributed by atoms with van der Waals surface area (Å²) in [5.74, 6) is 1.54. The molecule has 1 aromatic carbocycles. The first-order valence-electron chi connectivity index (χ1n) is 13.0. The van der Waals surface area contributed by atoms with Crippen LogP contribution in [0.3, 0.4) is 0 Å². The maximum Gasteiger partial charge on any atom is 0.180 e. The number of imidazole rings is 1. The van der Waals surface area contributed by atoms with E-state index in [1.165, 1.54) is 0 Å². The molecule has 0 saturated heterocycles. The molecule has 3 aromatic heterocycles. The third-order valence-electron chi connectivity index (χ3n) is 6.07. The molecule has 4 rings (SSSR count). The summed E-state index contributed by atoms with van der Waals surface area (Å²) >= 11 is 6.22. The minimum atomic E-state index is 0.00634. The highest BCUT2D eigenvalue weighted by molar-refractivity contribution is 6.30. The van der Waals surface area contributed by atoms with Crippen molar-refractivity contribution >= 4 is 28.9 Å². The molecule has 8 nitrogen and oxygen atoms in total. The summed E-state index contributed by atoms with van der Waals surface area (Å²) in [6.45, 7) is 5.19. The Hall–Kier alpha value is -3.20. The number of nitrogens with zero attached hydrogens (tertiary/aromatic N) is 4. The van der Waals surface area contributed by atoms with E-state index in [4.69, 9.17) is 27.1 Å². The topological polar surface area (TPSA) is 102 Å². The fraction of sp³-hybridized carbons (Fsp3) is 0.393. The Kier molecular flexibility index (Phi) is 10.1. The number of hydrogen-bond acceptors (Lipinski definition) is 7. The fourth-order valence-corrected chi connectivity index (χ4v) is 4.44. The van der Waals surface area contributed by atoms with Crippen LogP contribution in [0, 0.1) is 0 Å². The molecule has 37 heavy (non-hydrogen) atoms. The number of pyridine rings is 1. The first kappa shape index (κ1) is 26.9. The number of nitrogens with two attached hydrogens (primary N) is 1. The second-order valence-corrected chi connectivity index (χ2v) is 9.39. The molecule has 1 atom stereocenters. The number of nitrogens with one attached hydrogen (secondary N) is 2. The number of anilines is 2. The van der Waals surface area contributed by atoms with Crippen molar-refractivity contribution in [1.82, 2.24) is 19.4 Å². The molecule has 4 N–H and O–H groups in total. The lowest BCUT2D eigenvalue weighted by molar-refractivity contribution is 0.131. The number of unbranched alkanes of at least 4 members (excludes halogenated alkanes) is 2. The van der Waals surface area contributed by atoms with E-state index in [1.54, 1.807) is 6.20 Å². The van der Waals surface area contributed by atoms with Crippen LogP contribution in [0.15, 0.2) is 61.1 Å². The average Bonchev–Trinajstić information content (AvgIpc) is 3.35. The van der Waals surface area contributed by atoms with Gasteiger partial charge >= 0.3 is 0 Å². The summed E-state index contributed by atoms with van der Waals surface area (Å²) < 4.78 is 7.57. The van der Waals surface area contributed by atoms with Gasteiger partial charge in [-0.1, -0.05) is 36.7 Å². The molecule has 0 amide bonds. The number of fused-ring (bicyclic) bond motifs is 1. The summed E-state index contributed by atoms with van der Waals surface area (Å²) in [5, 5.41) is 7.67. The smallest absolute Gasteiger partial charge is 0.180 e. The molecule has 0 aliphatic heterocycles. The van der Waals surface area contributed by atoms with Crippen molar-refractivity contribution in [2.24, 2.45) is 5.73 Å². The lowest BCUT2D eigenvalue weighted by atomic mass is 10.0. The number of halogens is 1. The van der Waals surface area contributed by atoms with E-state index in [0.29, 0.717) is 11.6 Å². The van der Waals surface area contributed by atoms with Crippen LogP contribution in [0.5, 0.6) is 0 Å². The monoisotopic (exact) mass is 521 g/mol. The maximum absolute atomic E-state index is 6.22. The highest BCUT2D eigenvalue weighted by atomic mass is 35.5. The lowest BCUT2D eigenvalue weighted by Gasteiger charge is -2.20. The van der Waals surface area contributed by atoms with Gasteiger partial charge < -0.3 is 21.1 Å². The quantitative estimate of drug-likeness (QED) is 0.166. The molecule has 0 aliphatic rings. The van der Waals surface area contributed by atoms with E-state index in [9.17, 15) is 0 Å². The van der Waals surface area contributed by atoms with Gasteiger partial charge in [0.15, 0.2) is 11.5 Å². The van der Waals surface area contributed by atoms with Crippen molar-refractivity contribution in [3.63, 3.8) is 0 Å². The predicted octanol–water partition coefficient (Wildman–Crippen LogP) is 5.96. The number of benzene rings is 1. The standard InChI is InChI=1S/C28H36ClN7O/c1-2-17-37-18-5-3-4-14-31-27-28-33-20-25(36(28)16-15-32-27)24-10-7-11-26(35-24)34-23(12-13-30)21-8-6-9-22(29)19-21/h6-11,15-16,19-20,23H,2-5,12-14,17-18,30H2,1H3,(H,31,32)(H,34,35). The summed E-state index contributed by atoms with van der Waals surface area (Å²) in [6.07, 6.45) is 10.6. The zero-order valence-corrected chi connectivity index (χ0v) is 22.1. The van der Waals surface area contributed by atoms with Crippen LogP contribution in [0.1, 0.15) is 50.6 Å². The van der Waals surface area contributed by atoms with Gasteiger partial charge in [0.1, 0.15) is 5.82 Å².